The maximum absolute atomic E-state index is 12.4. The van der Waals surface area contributed by atoms with Gasteiger partial charge in [-0.1, -0.05) is 35.5 Å². The van der Waals surface area contributed by atoms with Crippen LogP contribution in [0.5, 0.6) is 11.5 Å². The van der Waals surface area contributed by atoms with E-state index in [4.69, 9.17) is 14.3 Å². The van der Waals surface area contributed by atoms with Gasteiger partial charge in [-0.3, -0.25) is 4.79 Å². The van der Waals surface area contributed by atoms with Crippen LogP contribution in [0.15, 0.2) is 53.7 Å². The molecule has 0 aromatic heterocycles. The first kappa shape index (κ1) is 15.9. The number of benzene rings is 2. The van der Waals surface area contributed by atoms with Crippen LogP contribution in [-0.2, 0) is 9.63 Å². The van der Waals surface area contributed by atoms with Crippen molar-refractivity contribution in [2.45, 2.75) is 12.5 Å². The van der Waals surface area contributed by atoms with E-state index >= 15 is 0 Å². The molecule has 0 fully saturated rings. The summed E-state index contributed by atoms with van der Waals surface area (Å²) < 4.78 is 10.4. The molecule has 1 atom stereocenters. The zero-order valence-corrected chi connectivity index (χ0v) is 13.5. The quantitative estimate of drug-likeness (QED) is 0.917. The molecule has 0 radical (unpaired) electrons. The van der Waals surface area contributed by atoms with Crippen LogP contribution in [0.25, 0.3) is 0 Å². The average Bonchev–Trinajstić information content (AvgIpc) is 3.12. The molecule has 2 aromatic carbocycles. The number of oxime groups is 1. The zero-order chi connectivity index (χ0) is 16.9. The van der Waals surface area contributed by atoms with E-state index in [-0.39, 0.29) is 5.91 Å². The van der Waals surface area contributed by atoms with Crippen molar-refractivity contribution < 1.29 is 19.1 Å². The minimum absolute atomic E-state index is 0.253. The van der Waals surface area contributed by atoms with E-state index in [1.165, 1.54) is 0 Å². The molecule has 124 valence electrons. The Morgan fingerprint density at radius 3 is 2.58 bits per heavy atom. The molecule has 1 heterocycles. The Balaban J connectivity index is 1.65. The first-order chi connectivity index (χ1) is 11.7. The Morgan fingerprint density at radius 1 is 1.12 bits per heavy atom. The van der Waals surface area contributed by atoms with E-state index in [0.29, 0.717) is 23.6 Å². The monoisotopic (exact) mass is 326 g/mol. The third kappa shape index (κ3) is 3.32. The number of carbonyl (C=O) groups excluding carboxylic acids is 1. The Labute approximate surface area is 140 Å². The SMILES string of the molecule is COc1ccc(NC(=O)C2CC(c3ccccc3)=NO2)cc1OC. The summed E-state index contributed by atoms with van der Waals surface area (Å²) in [6.07, 6.45) is -0.211. The number of rotatable bonds is 5. The molecule has 1 N–H and O–H groups in total. The number of methoxy groups -OCH3 is 2. The van der Waals surface area contributed by atoms with Crippen molar-refractivity contribution in [3.63, 3.8) is 0 Å². The normalized spacial score (nSPS) is 16.1. The zero-order valence-electron chi connectivity index (χ0n) is 13.5. The number of nitrogens with zero attached hydrogens (tertiary/aromatic N) is 1. The van der Waals surface area contributed by atoms with E-state index in [2.05, 4.69) is 10.5 Å². The second kappa shape index (κ2) is 7.04. The lowest BCUT2D eigenvalue weighted by atomic mass is 10.0. The summed E-state index contributed by atoms with van der Waals surface area (Å²) in [4.78, 5) is 17.6. The van der Waals surface area contributed by atoms with E-state index < -0.39 is 6.10 Å². The third-order valence-electron chi connectivity index (χ3n) is 3.72. The second-order valence-electron chi connectivity index (χ2n) is 5.26. The van der Waals surface area contributed by atoms with Crippen molar-refractivity contribution in [1.29, 1.82) is 0 Å². The van der Waals surface area contributed by atoms with Crippen LogP contribution in [0.2, 0.25) is 0 Å². The van der Waals surface area contributed by atoms with Gasteiger partial charge in [0.2, 0.25) is 6.10 Å². The van der Waals surface area contributed by atoms with Gasteiger partial charge in [-0.15, -0.1) is 0 Å². The van der Waals surface area contributed by atoms with Crippen LogP contribution in [0.3, 0.4) is 0 Å². The van der Waals surface area contributed by atoms with Gasteiger partial charge < -0.3 is 19.6 Å². The molecule has 1 unspecified atom stereocenters. The minimum Gasteiger partial charge on any atom is -0.493 e. The van der Waals surface area contributed by atoms with Gasteiger partial charge in [-0.25, -0.2) is 0 Å². The van der Waals surface area contributed by atoms with Crippen molar-refractivity contribution >= 4 is 17.3 Å². The maximum Gasteiger partial charge on any atom is 0.268 e. The molecule has 0 saturated heterocycles. The summed E-state index contributed by atoms with van der Waals surface area (Å²) in [5.74, 6) is 0.892. The number of amides is 1. The minimum atomic E-state index is -0.645. The summed E-state index contributed by atoms with van der Waals surface area (Å²) in [7, 11) is 3.11. The number of carbonyl (C=O) groups is 1. The lowest BCUT2D eigenvalue weighted by molar-refractivity contribution is -0.125. The Bertz CT molecular complexity index is 759. The molecule has 0 bridgehead atoms. The number of nitrogens with one attached hydrogen (secondary N) is 1. The molecule has 2 aromatic rings. The van der Waals surface area contributed by atoms with Gasteiger partial charge in [-0.05, 0) is 17.7 Å². The highest BCUT2D eigenvalue weighted by atomic mass is 16.6. The summed E-state index contributed by atoms with van der Waals surface area (Å²) in [6.45, 7) is 0. The van der Waals surface area contributed by atoms with Crippen molar-refractivity contribution in [2.75, 3.05) is 19.5 Å². The molecule has 24 heavy (non-hydrogen) atoms. The molecular formula is C18H18N2O4. The number of hydrogen-bond acceptors (Lipinski definition) is 5. The number of ether oxygens (including phenoxy) is 2. The van der Waals surface area contributed by atoms with E-state index in [0.717, 1.165) is 11.3 Å². The van der Waals surface area contributed by atoms with Crippen molar-refractivity contribution in [2.24, 2.45) is 5.16 Å². The molecule has 6 nitrogen and oxygen atoms in total. The van der Waals surface area contributed by atoms with E-state index in [1.54, 1.807) is 32.4 Å². The Kier molecular flexibility index (Phi) is 4.65. The highest BCUT2D eigenvalue weighted by Crippen LogP contribution is 2.30. The predicted octanol–water partition coefficient (Wildman–Crippen LogP) is 2.84. The van der Waals surface area contributed by atoms with Crippen LogP contribution in [0.4, 0.5) is 5.69 Å². The molecule has 1 aliphatic rings. The molecule has 6 heteroatoms. The molecule has 1 amide bonds. The van der Waals surface area contributed by atoms with Crippen molar-refractivity contribution in [3.05, 3.63) is 54.1 Å². The molecule has 0 spiro atoms. The van der Waals surface area contributed by atoms with Gasteiger partial charge in [0.25, 0.3) is 5.91 Å². The molecular weight excluding hydrogens is 308 g/mol. The highest BCUT2D eigenvalue weighted by Gasteiger charge is 2.29. The number of anilines is 1. The predicted molar refractivity (Wildman–Crippen MR) is 90.6 cm³/mol. The summed E-state index contributed by atoms with van der Waals surface area (Å²) in [5.41, 5.74) is 2.33. The van der Waals surface area contributed by atoms with Crippen LogP contribution in [-0.4, -0.2) is 31.9 Å². The lowest BCUT2D eigenvalue weighted by Crippen LogP contribution is -2.28. The summed E-state index contributed by atoms with van der Waals surface area (Å²) >= 11 is 0. The summed E-state index contributed by atoms with van der Waals surface area (Å²) in [5, 5.41) is 6.83. The van der Waals surface area contributed by atoms with E-state index in [1.807, 2.05) is 30.3 Å². The topological polar surface area (TPSA) is 69.2 Å². The highest BCUT2D eigenvalue weighted by molar-refractivity contribution is 6.06. The van der Waals surface area contributed by atoms with E-state index in [9.17, 15) is 4.79 Å². The van der Waals surface area contributed by atoms with Gasteiger partial charge in [0.05, 0.1) is 19.9 Å². The maximum atomic E-state index is 12.4. The van der Waals surface area contributed by atoms with Crippen molar-refractivity contribution in [3.8, 4) is 11.5 Å². The first-order valence-electron chi connectivity index (χ1n) is 7.52. The van der Waals surface area contributed by atoms with Gasteiger partial charge in [0, 0.05) is 18.2 Å². The molecule has 1 aliphatic heterocycles. The number of hydrogen-bond donors (Lipinski definition) is 1. The smallest absolute Gasteiger partial charge is 0.268 e. The van der Waals surface area contributed by atoms with Crippen LogP contribution in [0.1, 0.15) is 12.0 Å². The van der Waals surface area contributed by atoms with Crippen LogP contribution >= 0.6 is 0 Å². The molecule has 0 saturated carbocycles. The second-order valence-corrected chi connectivity index (χ2v) is 5.26. The van der Waals surface area contributed by atoms with Gasteiger partial charge in [-0.2, -0.15) is 0 Å². The Hall–Kier alpha value is -3.02. The standard InChI is InChI=1S/C18H18N2O4/c1-22-15-9-8-13(10-16(15)23-2)19-18(21)17-11-14(20-24-17)12-6-4-3-5-7-12/h3-10,17H,11H2,1-2H3,(H,19,21). The fraction of sp³-hybridized carbons (Fsp3) is 0.222. The third-order valence-corrected chi connectivity index (χ3v) is 3.72. The van der Waals surface area contributed by atoms with Gasteiger partial charge in [0.1, 0.15) is 0 Å². The summed E-state index contributed by atoms with van der Waals surface area (Å²) in [6, 6.07) is 14.8. The van der Waals surface area contributed by atoms with Gasteiger partial charge in [0.15, 0.2) is 11.5 Å². The largest absolute Gasteiger partial charge is 0.493 e. The molecule has 3 rings (SSSR count). The van der Waals surface area contributed by atoms with Crippen LogP contribution in [0, 0.1) is 0 Å². The Morgan fingerprint density at radius 2 is 1.88 bits per heavy atom. The van der Waals surface area contributed by atoms with Crippen LogP contribution < -0.4 is 14.8 Å². The fourth-order valence-electron chi connectivity index (χ4n) is 2.46. The molecule has 0 aliphatic carbocycles. The first-order valence-corrected chi connectivity index (χ1v) is 7.52. The van der Waals surface area contributed by atoms with Crippen molar-refractivity contribution in [1.82, 2.24) is 0 Å². The lowest BCUT2D eigenvalue weighted by Gasteiger charge is -2.12. The fourth-order valence-corrected chi connectivity index (χ4v) is 2.46. The van der Waals surface area contributed by atoms with Gasteiger partial charge >= 0.3 is 0 Å². The average molecular weight is 326 g/mol.